The Morgan fingerprint density at radius 1 is 0.510 bits per heavy atom. The van der Waals surface area contributed by atoms with Crippen molar-refractivity contribution in [1.29, 1.82) is 0 Å². The maximum Gasteiger partial charge on any atom is 0.0890 e. The zero-order chi connectivity index (χ0) is 34.1. The normalized spacial score (nSPS) is 13.1. The van der Waals surface area contributed by atoms with Crippen molar-refractivity contribution in [3.05, 3.63) is 181 Å². The molecule has 2 heterocycles. The van der Waals surface area contributed by atoms with Gasteiger partial charge in [-0.25, -0.2) is 0 Å². The molecule has 0 saturated heterocycles. The SMILES string of the molecule is CC1(C)c2ccccc2-c2cc(-c3ccccc3)c(N(c3ccc(-c4ccccc4)cc3)c3cnc4c(c3)sc3c5ccccc5ccc43)cc21. The molecule has 0 saturated carbocycles. The molecule has 0 spiro atoms. The van der Waals surface area contributed by atoms with Gasteiger partial charge in [-0.2, -0.15) is 0 Å². The average molecular weight is 671 g/mol. The first-order valence-electron chi connectivity index (χ1n) is 17.5. The second kappa shape index (κ2) is 11.5. The average Bonchev–Trinajstić information content (AvgIpc) is 3.67. The molecule has 0 amide bonds. The number of aromatic nitrogens is 1. The summed E-state index contributed by atoms with van der Waals surface area (Å²) < 4.78 is 2.47. The van der Waals surface area contributed by atoms with Gasteiger partial charge in [0.05, 0.1) is 27.8 Å². The number of hydrogen-bond acceptors (Lipinski definition) is 3. The lowest BCUT2D eigenvalue weighted by molar-refractivity contribution is 0.660. The van der Waals surface area contributed by atoms with Crippen LogP contribution >= 0.6 is 11.3 Å². The number of benzene rings is 7. The Kier molecular flexibility index (Phi) is 6.74. The minimum absolute atomic E-state index is 0.145. The van der Waals surface area contributed by atoms with E-state index < -0.39 is 0 Å². The molecule has 3 heteroatoms. The Hall–Kier alpha value is -6.03. The third kappa shape index (κ3) is 4.73. The lowest BCUT2D eigenvalue weighted by Gasteiger charge is -2.30. The van der Waals surface area contributed by atoms with Gasteiger partial charge in [0, 0.05) is 26.8 Å². The van der Waals surface area contributed by atoms with E-state index >= 15 is 0 Å². The van der Waals surface area contributed by atoms with Gasteiger partial charge in [0.2, 0.25) is 0 Å². The zero-order valence-corrected chi connectivity index (χ0v) is 29.3. The number of thiophene rings is 1. The molecule has 0 fully saturated rings. The van der Waals surface area contributed by atoms with Gasteiger partial charge in [-0.3, -0.25) is 4.98 Å². The van der Waals surface area contributed by atoms with E-state index in [1.54, 1.807) is 0 Å². The Morgan fingerprint density at radius 3 is 2.00 bits per heavy atom. The number of pyridine rings is 1. The van der Waals surface area contributed by atoms with Crippen LogP contribution in [0, 0.1) is 0 Å². The summed E-state index contributed by atoms with van der Waals surface area (Å²) >= 11 is 1.84. The van der Waals surface area contributed by atoms with Crippen molar-refractivity contribution >= 4 is 59.5 Å². The third-order valence-electron chi connectivity index (χ3n) is 10.7. The highest BCUT2D eigenvalue weighted by Gasteiger charge is 2.37. The van der Waals surface area contributed by atoms with E-state index in [1.165, 1.54) is 70.1 Å². The molecule has 242 valence electrons. The summed E-state index contributed by atoms with van der Waals surface area (Å²) in [6.07, 6.45) is 2.07. The van der Waals surface area contributed by atoms with Crippen LogP contribution in [0.2, 0.25) is 0 Å². The van der Waals surface area contributed by atoms with Crippen molar-refractivity contribution < 1.29 is 0 Å². The third-order valence-corrected chi connectivity index (χ3v) is 11.9. The molecule has 0 aliphatic heterocycles. The van der Waals surface area contributed by atoms with E-state index in [-0.39, 0.29) is 5.41 Å². The highest BCUT2D eigenvalue weighted by molar-refractivity contribution is 7.26. The van der Waals surface area contributed by atoms with Crippen molar-refractivity contribution in [2.75, 3.05) is 4.90 Å². The zero-order valence-electron chi connectivity index (χ0n) is 28.5. The van der Waals surface area contributed by atoms with Gasteiger partial charge in [-0.05, 0) is 80.0 Å². The van der Waals surface area contributed by atoms with Crippen molar-refractivity contribution in [2.45, 2.75) is 19.3 Å². The Labute approximate surface area is 301 Å². The van der Waals surface area contributed by atoms with Gasteiger partial charge >= 0.3 is 0 Å². The molecule has 0 unspecified atom stereocenters. The molecule has 2 aromatic heterocycles. The second-order valence-corrected chi connectivity index (χ2v) is 15.1. The minimum Gasteiger partial charge on any atom is -0.308 e. The first-order valence-corrected chi connectivity index (χ1v) is 18.4. The standard InChI is InChI=1S/C48H34N2S/c1-48(2)42-20-12-11-19-38(42)41-28-40(33-15-7-4-8-16-33)44(29-43(41)48)50(35-24-21-32(22-25-35)31-13-5-3-6-14-31)36-27-45-46(49-30-36)39-26-23-34-17-9-10-18-37(34)47(39)51-45/h3-30H,1-2H3. The van der Waals surface area contributed by atoms with Crippen LogP contribution in [0.3, 0.4) is 0 Å². The molecule has 2 nitrogen and oxygen atoms in total. The fraction of sp³-hybridized carbons (Fsp3) is 0.0625. The van der Waals surface area contributed by atoms with Crippen molar-refractivity contribution in [3.8, 4) is 33.4 Å². The van der Waals surface area contributed by atoms with Crippen LogP contribution in [-0.2, 0) is 5.41 Å². The van der Waals surface area contributed by atoms with Crippen LogP contribution in [0.5, 0.6) is 0 Å². The van der Waals surface area contributed by atoms with Gasteiger partial charge in [-0.1, -0.05) is 147 Å². The van der Waals surface area contributed by atoms with Crippen molar-refractivity contribution in [1.82, 2.24) is 4.98 Å². The molecule has 51 heavy (non-hydrogen) atoms. The lowest BCUT2D eigenvalue weighted by Crippen LogP contribution is -2.17. The van der Waals surface area contributed by atoms with Gasteiger partial charge in [0.15, 0.2) is 0 Å². The van der Waals surface area contributed by atoms with Crippen LogP contribution in [-0.4, -0.2) is 4.98 Å². The summed E-state index contributed by atoms with van der Waals surface area (Å²) in [7, 11) is 0. The molecule has 0 atom stereocenters. The summed E-state index contributed by atoms with van der Waals surface area (Å²) in [5, 5.41) is 3.74. The van der Waals surface area contributed by atoms with Crippen molar-refractivity contribution in [2.24, 2.45) is 0 Å². The van der Waals surface area contributed by atoms with Gasteiger partial charge in [-0.15, -0.1) is 11.3 Å². The van der Waals surface area contributed by atoms with Crippen LogP contribution in [0.4, 0.5) is 17.1 Å². The molecule has 0 N–H and O–H groups in total. The lowest BCUT2D eigenvalue weighted by atomic mass is 9.81. The number of hydrogen-bond donors (Lipinski definition) is 0. The van der Waals surface area contributed by atoms with Gasteiger partial charge in [0.25, 0.3) is 0 Å². The predicted molar refractivity (Wildman–Crippen MR) is 218 cm³/mol. The molecule has 7 aromatic carbocycles. The van der Waals surface area contributed by atoms with Crippen LogP contribution in [0.1, 0.15) is 25.0 Å². The molecule has 1 aliphatic rings. The van der Waals surface area contributed by atoms with Gasteiger partial charge < -0.3 is 4.90 Å². The second-order valence-electron chi connectivity index (χ2n) is 14.0. The summed E-state index contributed by atoms with van der Waals surface area (Å²) in [5.41, 5.74) is 14.3. The van der Waals surface area contributed by atoms with E-state index in [2.05, 4.69) is 189 Å². The molecule has 10 rings (SSSR count). The van der Waals surface area contributed by atoms with E-state index in [1.807, 2.05) is 11.3 Å². The van der Waals surface area contributed by atoms with E-state index in [0.29, 0.717) is 0 Å². The van der Waals surface area contributed by atoms with Crippen LogP contribution in [0.15, 0.2) is 170 Å². The first-order chi connectivity index (χ1) is 25.0. The molecule has 1 aliphatic carbocycles. The fourth-order valence-electron chi connectivity index (χ4n) is 8.12. The van der Waals surface area contributed by atoms with Crippen LogP contribution < -0.4 is 4.90 Å². The molecular weight excluding hydrogens is 637 g/mol. The summed E-state index contributed by atoms with van der Waals surface area (Å²) in [6.45, 7) is 4.72. The maximum atomic E-state index is 5.22. The molecular formula is C48H34N2S. The van der Waals surface area contributed by atoms with Crippen LogP contribution in [0.25, 0.3) is 64.5 Å². The minimum atomic E-state index is -0.145. The predicted octanol–water partition coefficient (Wildman–Crippen LogP) is 13.7. The van der Waals surface area contributed by atoms with Crippen molar-refractivity contribution in [3.63, 3.8) is 0 Å². The topological polar surface area (TPSA) is 16.1 Å². The van der Waals surface area contributed by atoms with E-state index in [0.717, 1.165) is 22.6 Å². The number of anilines is 3. The largest absolute Gasteiger partial charge is 0.308 e. The highest BCUT2D eigenvalue weighted by Crippen LogP contribution is 2.53. The monoisotopic (exact) mass is 670 g/mol. The summed E-state index contributed by atoms with van der Waals surface area (Å²) in [5.74, 6) is 0. The smallest absolute Gasteiger partial charge is 0.0890 e. The maximum absolute atomic E-state index is 5.22. The number of nitrogens with zero attached hydrogens (tertiary/aromatic N) is 2. The Morgan fingerprint density at radius 2 is 1.20 bits per heavy atom. The quantitative estimate of drug-likeness (QED) is 0.181. The summed E-state index contributed by atoms with van der Waals surface area (Å²) in [4.78, 5) is 7.64. The van der Waals surface area contributed by atoms with E-state index in [9.17, 15) is 0 Å². The number of rotatable bonds is 5. The number of fused-ring (bicyclic) bond motifs is 8. The first kappa shape index (κ1) is 29.8. The van der Waals surface area contributed by atoms with Gasteiger partial charge in [0.1, 0.15) is 0 Å². The Balaban J connectivity index is 1.24. The highest BCUT2D eigenvalue weighted by atomic mass is 32.1. The van der Waals surface area contributed by atoms with E-state index in [4.69, 9.17) is 4.98 Å². The Bertz CT molecular complexity index is 2760. The molecule has 9 aromatic rings. The fourth-order valence-corrected chi connectivity index (χ4v) is 9.35. The summed E-state index contributed by atoms with van der Waals surface area (Å²) in [6, 6.07) is 59.7. The molecule has 0 bridgehead atoms. The molecule has 0 radical (unpaired) electrons.